The first-order valence-electron chi connectivity index (χ1n) is 12.7. The summed E-state index contributed by atoms with van der Waals surface area (Å²) in [4.78, 5) is 0. The zero-order valence-corrected chi connectivity index (χ0v) is 26.1. The normalized spacial score (nSPS) is 12.9. The van der Waals surface area contributed by atoms with Gasteiger partial charge in [0.25, 0.3) is 0 Å². The first kappa shape index (κ1) is 28.6. The van der Waals surface area contributed by atoms with Gasteiger partial charge in [0.2, 0.25) is 0 Å². The van der Waals surface area contributed by atoms with Crippen molar-refractivity contribution < 1.29 is 49.5 Å². The number of halogens is 2. The van der Waals surface area contributed by atoms with Crippen LogP contribution in [0.25, 0.3) is 14.4 Å². The van der Waals surface area contributed by atoms with Crippen molar-refractivity contribution in [2.75, 3.05) is 0 Å². The Hall–Kier alpha value is -2.44. The van der Waals surface area contributed by atoms with E-state index in [1.807, 2.05) is 0 Å². The van der Waals surface area contributed by atoms with Crippen LogP contribution in [0.2, 0.25) is 0 Å². The molecular weight excluding hydrogens is 583 g/mol. The third kappa shape index (κ3) is 4.75. The van der Waals surface area contributed by atoms with Crippen molar-refractivity contribution >= 4 is 14.4 Å². The van der Waals surface area contributed by atoms with Crippen LogP contribution < -0.4 is 35.3 Å². The van der Waals surface area contributed by atoms with Gasteiger partial charge in [-0.25, -0.2) is 0 Å². The number of allylic oxidation sites excluding steroid dienone is 4. The van der Waals surface area contributed by atoms with Gasteiger partial charge in [-0.15, -0.1) is 0 Å². The summed E-state index contributed by atoms with van der Waals surface area (Å²) in [6.45, 7) is 8.88. The van der Waals surface area contributed by atoms with Crippen molar-refractivity contribution in [1.29, 1.82) is 0 Å². The van der Waals surface area contributed by atoms with Crippen LogP contribution in [0.15, 0.2) is 91.0 Å². The van der Waals surface area contributed by atoms with E-state index in [1.165, 1.54) is 105 Å². The minimum Gasteiger partial charge on any atom is -1.00 e. The Kier molecular flexibility index (Phi) is 8.53. The Balaban J connectivity index is 0.00000168. The van der Waals surface area contributed by atoms with Crippen molar-refractivity contribution in [2.24, 2.45) is 0 Å². The molecule has 0 bridgehead atoms. The molecule has 0 aliphatic heterocycles. The molecule has 4 aromatic carbocycles. The van der Waals surface area contributed by atoms with Gasteiger partial charge in [-0.1, -0.05) is 0 Å². The van der Waals surface area contributed by atoms with Crippen LogP contribution in [0.5, 0.6) is 0 Å². The van der Waals surface area contributed by atoms with Gasteiger partial charge in [-0.05, 0) is 0 Å². The first-order valence-corrected chi connectivity index (χ1v) is 13.9. The molecule has 0 heterocycles. The molecule has 0 N–H and O–H groups in total. The number of fused-ring (bicyclic) bond motifs is 2. The first-order chi connectivity index (χ1) is 17.4. The van der Waals surface area contributed by atoms with Gasteiger partial charge in [0.1, 0.15) is 0 Å². The molecule has 0 aromatic heterocycles. The predicted octanol–water partition coefficient (Wildman–Crippen LogP) is 0.823. The van der Waals surface area contributed by atoms with Crippen molar-refractivity contribution in [2.45, 2.75) is 34.1 Å². The molecule has 0 atom stereocenters. The van der Waals surface area contributed by atoms with E-state index in [4.69, 9.17) is 0 Å². The monoisotopic (exact) mass is 609 g/mol. The van der Waals surface area contributed by atoms with Crippen LogP contribution in [0.4, 0.5) is 0 Å². The molecule has 0 radical (unpaired) electrons. The van der Waals surface area contributed by atoms with E-state index in [-0.39, 0.29) is 24.8 Å². The second kappa shape index (κ2) is 11.4. The van der Waals surface area contributed by atoms with Gasteiger partial charge in [-0.2, -0.15) is 0 Å². The number of rotatable bonds is 3. The van der Waals surface area contributed by atoms with Gasteiger partial charge in [-0.3, -0.25) is 0 Å². The third-order valence-corrected chi connectivity index (χ3v) is 8.88. The van der Waals surface area contributed by atoms with E-state index < -0.39 is 0 Å². The Morgan fingerprint density at radius 3 is 1.82 bits per heavy atom. The minimum absolute atomic E-state index is 0. The van der Waals surface area contributed by atoms with Gasteiger partial charge in [0, 0.05) is 0 Å². The molecule has 0 spiro atoms. The maximum atomic E-state index is 2.40. The van der Waals surface area contributed by atoms with Crippen LogP contribution >= 0.6 is 0 Å². The van der Waals surface area contributed by atoms with Gasteiger partial charge >= 0.3 is 230 Å². The van der Waals surface area contributed by atoms with Crippen molar-refractivity contribution in [3.63, 3.8) is 0 Å². The molecule has 0 nitrogen and oxygen atoms in total. The van der Waals surface area contributed by atoms with Crippen LogP contribution in [0.1, 0.15) is 50.9 Å². The van der Waals surface area contributed by atoms with Crippen LogP contribution in [0, 0.1) is 38.1 Å². The molecule has 0 saturated heterocycles. The predicted molar refractivity (Wildman–Crippen MR) is 147 cm³/mol. The summed E-state index contributed by atoms with van der Waals surface area (Å²) in [6.07, 6.45) is 7.82. The quantitative estimate of drug-likeness (QED) is 0.322. The fraction of sp³-hybridized carbons (Fsp3) is 0.143. The van der Waals surface area contributed by atoms with E-state index in [0.717, 1.165) is 6.42 Å². The number of aryl methyl sites for hydroxylation is 4. The molecule has 2 aliphatic carbocycles. The summed E-state index contributed by atoms with van der Waals surface area (Å²) in [6, 6.07) is 27.5. The minimum atomic E-state index is 0. The number of hydrogen-bond donors (Lipinski definition) is 0. The largest absolute Gasteiger partial charge is 1.00 e. The fourth-order valence-electron chi connectivity index (χ4n) is 5.96. The van der Waals surface area contributed by atoms with Crippen LogP contribution in [-0.2, 0) is 24.7 Å². The van der Waals surface area contributed by atoms with Crippen molar-refractivity contribution in [3.8, 4) is 0 Å². The molecule has 2 aliphatic rings. The van der Waals surface area contributed by atoms with E-state index in [2.05, 4.69) is 119 Å². The molecule has 0 amide bonds. The maximum Gasteiger partial charge on any atom is -1.00 e. The Labute approximate surface area is 252 Å². The zero-order valence-electron chi connectivity index (χ0n) is 22.1. The molecule has 0 saturated carbocycles. The summed E-state index contributed by atoms with van der Waals surface area (Å²) in [7, 11) is 0. The number of benzene rings is 4. The van der Waals surface area contributed by atoms with E-state index in [9.17, 15) is 0 Å². The van der Waals surface area contributed by atoms with E-state index in [1.54, 1.807) is 0 Å². The second-order valence-electron chi connectivity index (χ2n) is 10.2. The van der Waals surface area contributed by atoms with Crippen molar-refractivity contribution in [1.82, 2.24) is 0 Å². The van der Waals surface area contributed by atoms with Crippen LogP contribution in [0.3, 0.4) is 0 Å². The molecule has 0 fully saturated rings. The summed E-state index contributed by atoms with van der Waals surface area (Å²) in [5, 5.41) is 5.49. The Bertz CT molecular complexity index is 1810. The smallest absolute Gasteiger partial charge is 1.00 e. The standard InChI is InChI=1S/C35H29.2ClH.Zr/c1-22-13-15-28(24(3)19-22)35(29-16-14-23(2)20-25(29)4)32-18-17-31-30-12-8-7-11-27(30)21-33(31)34(32)26-9-5-6-10-26;;;/h5-9,11-20H,10H2,1-4H3;2*1H;/q;;;+2/p-2. The summed E-state index contributed by atoms with van der Waals surface area (Å²) < 4.78 is 1.47. The molecule has 187 valence electrons. The Morgan fingerprint density at radius 2 is 1.26 bits per heavy atom. The van der Waals surface area contributed by atoms with Gasteiger partial charge in [0.05, 0.1) is 0 Å². The SMILES string of the molecule is Cc1ccc(C(c2ccc(C)cc2C)=c2ccc3c(c2C2=CC=CC2)[C]([Zr+2])=c2ccccc2=3)c(C)c1.[Cl-].[Cl-]. The molecule has 38 heavy (non-hydrogen) atoms. The van der Waals surface area contributed by atoms with Crippen molar-refractivity contribution in [3.05, 3.63) is 156 Å². The summed E-state index contributed by atoms with van der Waals surface area (Å²) >= 11 is 1.47. The molecule has 6 rings (SSSR count). The van der Waals surface area contributed by atoms with E-state index >= 15 is 0 Å². The maximum absolute atomic E-state index is 2.40. The van der Waals surface area contributed by atoms with E-state index in [0.29, 0.717) is 0 Å². The second-order valence-corrected chi connectivity index (χ2v) is 11.4. The average Bonchev–Trinajstić information content (AvgIpc) is 3.49. The van der Waals surface area contributed by atoms with Crippen LogP contribution in [-0.4, -0.2) is 0 Å². The average molecular weight is 612 g/mol. The van der Waals surface area contributed by atoms with Gasteiger partial charge < -0.3 is 24.8 Å². The topological polar surface area (TPSA) is 0 Å². The fourth-order valence-corrected chi connectivity index (χ4v) is 7.13. The van der Waals surface area contributed by atoms with Gasteiger partial charge in [0.15, 0.2) is 0 Å². The molecule has 3 heteroatoms. The Morgan fingerprint density at radius 1 is 0.658 bits per heavy atom. The summed E-state index contributed by atoms with van der Waals surface area (Å²) in [5.74, 6) is 0. The molecular formula is C35H29Cl2Zr. The third-order valence-electron chi connectivity index (χ3n) is 7.61. The number of hydrogen-bond acceptors (Lipinski definition) is 0. The molecule has 0 unspecified atom stereocenters. The summed E-state index contributed by atoms with van der Waals surface area (Å²) in [5.41, 5.74) is 13.5. The zero-order chi connectivity index (χ0) is 25.0. The molecule has 4 aromatic rings.